The number of halogens is 2. The van der Waals surface area contributed by atoms with E-state index in [0.717, 1.165) is 11.3 Å². The SMILES string of the molecule is O=C(O)c1ccc(Oc2ccc(F)c(Cl)c2)s1. The van der Waals surface area contributed by atoms with E-state index in [9.17, 15) is 9.18 Å². The minimum atomic E-state index is -1.01. The highest BCUT2D eigenvalue weighted by Crippen LogP contribution is 2.31. The third-order valence-corrected chi connectivity index (χ3v) is 3.14. The normalized spacial score (nSPS) is 10.2. The van der Waals surface area contributed by atoms with Crippen molar-refractivity contribution in [2.24, 2.45) is 0 Å². The maximum Gasteiger partial charge on any atom is 0.345 e. The molecule has 0 aliphatic carbocycles. The van der Waals surface area contributed by atoms with Gasteiger partial charge in [-0.1, -0.05) is 22.9 Å². The van der Waals surface area contributed by atoms with Gasteiger partial charge in [0.1, 0.15) is 16.4 Å². The minimum Gasteiger partial charge on any atom is -0.477 e. The van der Waals surface area contributed by atoms with Crippen LogP contribution >= 0.6 is 22.9 Å². The van der Waals surface area contributed by atoms with Crippen molar-refractivity contribution in [1.82, 2.24) is 0 Å². The number of carboxylic acid groups (broad SMARTS) is 1. The Morgan fingerprint density at radius 2 is 2.12 bits per heavy atom. The molecule has 2 aromatic rings. The van der Waals surface area contributed by atoms with Crippen LogP contribution < -0.4 is 4.74 Å². The van der Waals surface area contributed by atoms with E-state index < -0.39 is 11.8 Å². The summed E-state index contributed by atoms with van der Waals surface area (Å²) in [5, 5.41) is 9.09. The van der Waals surface area contributed by atoms with Crippen LogP contribution in [0, 0.1) is 5.82 Å². The molecule has 1 heterocycles. The van der Waals surface area contributed by atoms with Gasteiger partial charge in [0.2, 0.25) is 0 Å². The van der Waals surface area contributed by atoms with E-state index >= 15 is 0 Å². The minimum absolute atomic E-state index is 0.0440. The molecule has 0 aliphatic heterocycles. The van der Waals surface area contributed by atoms with Crippen LogP contribution in [-0.4, -0.2) is 11.1 Å². The standard InChI is InChI=1S/C11H6ClFO3S/c12-7-5-6(1-2-8(7)13)16-10-4-3-9(17-10)11(14)15/h1-5H,(H,14,15). The second-order valence-corrected chi connectivity index (χ2v) is 4.56. The molecular weight excluding hydrogens is 267 g/mol. The van der Waals surface area contributed by atoms with Crippen molar-refractivity contribution in [3.05, 3.63) is 46.0 Å². The largest absolute Gasteiger partial charge is 0.477 e. The molecule has 17 heavy (non-hydrogen) atoms. The monoisotopic (exact) mass is 272 g/mol. The molecule has 0 fully saturated rings. The van der Waals surface area contributed by atoms with Crippen molar-refractivity contribution >= 4 is 28.9 Å². The number of thiophene rings is 1. The molecule has 0 unspecified atom stereocenters. The predicted molar refractivity (Wildman–Crippen MR) is 62.8 cm³/mol. The van der Waals surface area contributed by atoms with Gasteiger partial charge in [0.05, 0.1) is 5.02 Å². The maximum absolute atomic E-state index is 12.9. The quantitative estimate of drug-likeness (QED) is 0.917. The van der Waals surface area contributed by atoms with E-state index in [-0.39, 0.29) is 9.90 Å². The first-order valence-electron chi connectivity index (χ1n) is 4.52. The number of hydrogen-bond acceptors (Lipinski definition) is 3. The third kappa shape index (κ3) is 2.75. The molecule has 1 aromatic carbocycles. The molecule has 1 N–H and O–H groups in total. The zero-order chi connectivity index (χ0) is 12.4. The van der Waals surface area contributed by atoms with Crippen LogP contribution in [-0.2, 0) is 0 Å². The van der Waals surface area contributed by atoms with Gasteiger partial charge in [0.25, 0.3) is 0 Å². The Labute approximate surface area is 105 Å². The first-order chi connectivity index (χ1) is 8.06. The fraction of sp³-hybridized carbons (Fsp3) is 0. The Morgan fingerprint density at radius 1 is 1.35 bits per heavy atom. The van der Waals surface area contributed by atoms with E-state index in [2.05, 4.69) is 0 Å². The van der Waals surface area contributed by atoms with Crippen LogP contribution in [0.15, 0.2) is 30.3 Å². The topological polar surface area (TPSA) is 46.5 Å². The first-order valence-corrected chi connectivity index (χ1v) is 5.72. The van der Waals surface area contributed by atoms with Crippen molar-refractivity contribution < 1.29 is 19.0 Å². The average Bonchev–Trinajstić information content (AvgIpc) is 2.72. The molecule has 88 valence electrons. The van der Waals surface area contributed by atoms with E-state index in [4.69, 9.17) is 21.4 Å². The molecule has 0 radical (unpaired) electrons. The lowest BCUT2D eigenvalue weighted by molar-refractivity contribution is 0.0702. The zero-order valence-corrected chi connectivity index (χ0v) is 9.89. The summed E-state index contributed by atoms with van der Waals surface area (Å²) < 4.78 is 18.2. The molecule has 0 saturated carbocycles. The van der Waals surface area contributed by atoms with Crippen molar-refractivity contribution in [1.29, 1.82) is 0 Å². The van der Waals surface area contributed by atoms with Crippen molar-refractivity contribution in [2.45, 2.75) is 0 Å². The molecule has 0 spiro atoms. The smallest absolute Gasteiger partial charge is 0.345 e. The summed E-state index contributed by atoms with van der Waals surface area (Å²) in [6, 6.07) is 6.90. The second kappa shape index (κ2) is 4.73. The van der Waals surface area contributed by atoms with Gasteiger partial charge in [-0.05, 0) is 24.3 Å². The summed E-state index contributed by atoms with van der Waals surface area (Å²) in [6.45, 7) is 0. The Kier molecular flexibility index (Phi) is 3.31. The summed E-state index contributed by atoms with van der Waals surface area (Å²) >= 11 is 6.58. The molecular formula is C11H6ClFO3S. The van der Waals surface area contributed by atoms with Crippen LogP contribution in [0.25, 0.3) is 0 Å². The number of benzene rings is 1. The first kappa shape index (κ1) is 11.9. The molecule has 3 nitrogen and oxygen atoms in total. The van der Waals surface area contributed by atoms with Crippen LogP contribution in [0.4, 0.5) is 4.39 Å². The number of carboxylic acids is 1. The number of hydrogen-bond donors (Lipinski definition) is 1. The van der Waals surface area contributed by atoms with Crippen molar-refractivity contribution in [3.8, 4) is 10.8 Å². The summed E-state index contributed by atoms with van der Waals surface area (Å²) in [7, 11) is 0. The molecule has 0 saturated heterocycles. The van der Waals surface area contributed by atoms with Crippen molar-refractivity contribution in [3.63, 3.8) is 0 Å². The van der Waals surface area contributed by atoms with Gasteiger partial charge >= 0.3 is 5.97 Å². The van der Waals surface area contributed by atoms with Crippen LogP contribution in [0.1, 0.15) is 9.67 Å². The molecule has 6 heteroatoms. The van der Waals surface area contributed by atoms with E-state index in [1.54, 1.807) is 0 Å². The number of carbonyl (C=O) groups is 1. The summed E-state index contributed by atoms with van der Waals surface area (Å²) in [5.74, 6) is -1.19. The number of rotatable bonds is 3. The lowest BCUT2D eigenvalue weighted by Crippen LogP contribution is -1.89. The number of aromatic carboxylic acids is 1. The van der Waals surface area contributed by atoms with Gasteiger partial charge in [0.15, 0.2) is 5.06 Å². The Bertz CT molecular complexity index is 568. The molecule has 0 bridgehead atoms. The van der Waals surface area contributed by atoms with E-state index in [1.807, 2.05) is 0 Å². The Hall–Kier alpha value is -1.59. The molecule has 2 rings (SSSR count). The third-order valence-electron chi connectivity index (χ3n) is 1.90. The van der Waals surface area contributed by atoms with Crippen molar-refractivity contribution in [2.75, 3.05) is 0 Å². The van der Waals surface area contributed by atoms with Gasteiger partial charge in [-0.2, -0.15) is 0 Å². The van der Waals surface area contributed by atoms with Gasteiger partial charge in [-0.15, -0.1) is 0 Å². The Balaban J connectivity index is 2.19. The zero-order valence-electron chi connectivity index (χ0n) is 8.31. The van der Waals surface area contributed by atoms with Gasteiger partial charge in [-0.25, -0.2) is 9.18 Å². The molecule has 1 aromatic heterocycles. The molecule has 0 atom stereocenters. The molecule has 0 amide bonds. The van der Waals surface area contributed by atoms with Gasteiger partial charge in [-0.3, -0.25) is 0 Å². The fourth-order valence-corrected chi connectivity index (χ4v) is 2.03. The number of ether oxygens (including phenoxy) is 1. The molecule has 0 aliphatic rings. The summed E-state index contributed by atoms with van der Waals surface area (Å²) in [5.41, 5.74) is 0. The van der Waals surface area contributed by atoms with Crippen LogP contribution in [0.5, 0.6) is 10.8 Å². The lowest BCUT2D eigenvalue weighted by Gasteiger charge is -2.02. The van der Waals surface area contributed by atoms with Gasteiger partial charge in [0, 0.05) is 6.07 Å². The highest BCUT2D eigenvalue weighted by atomic mass is 35.5. The summed E-state index contributed by atoms with van der Waals surface area (Å²) in [4.78, 5) is 10.8. The highest BCUT2D eigenvalue weighted by Gasteiger charge is 2.09. The van der Waals surface area contributed by atoms with E-state index in [0.29, 0.717) is 10.8 Å². The maximum atomic E-state index is 12.9. The Morgan fingerprint density at radius 3 is 2.71 bits per heavy atom. The predicted octanol–water partition coefficient (Wildman–Crippen LogP) is 4.03. The van der Waals surface area contributed by atoms with Crippen LogP contribution in [0.2, 0.25) is 5.02 Å². The van der Waals surface area contributed by atoms with E-state index in [1.165, 1.54) is 30.3 Å². The highest BCUT2D eigenvalue weighted by molar-refractivity contribution is 7.15. The van der Waals surface area contributed by atoms with Crippen LogP contribution in [0.3, 0.4) is 0 Å². The average molecular weight is 273 g/mol. The second-order valence-electron chi connectivity index (χ2n) is 3.10. The fourth-order valence-electron chi connectivity index (χ4n) is 1.15. The summed E-state index contributed by atoms with van der Waals surface area (Å²) in [6.07, 6.45) is 0. The lowest BCUT2D eigenvalue weighted by atomic mass is 10.3. The van der Waals surface area contributed by atoms with Gasteiger partial charge < -0.3 is 9.84 Å².